The van der Waals surface area contributed by atoms with Gasteiger partial charge in [0.05, 0.1) is 38.1 Å². The van der Waals surface area contributed by atoms with Crippen molar-refractivity contribution in [1.82, 2.24) is 5.32 Å². The molecule has 4 nitrogen and oxygen atoms in total. The van der Waals surface area contributed by atoms with Crippen LogP contribution in [0.15, 0.2) is 60.7 Å². The first-order valence-corrected chi connectivity index (χ1v) is 10.5. The quantitative estimate of drug-likeness (QED) is 0.552. The lowest BCUT2D eigenvalue weighted by atomic mass is 9.64. The van der Waals surface area contributed by atoms with Gasteiger partial charge in [0.1, 0.15) is 18.5 Å². The van der Waals surface area contributed by atoms with Crippen LogP contribution in [0.4, 0.5) is 5.69 Å². The smallest absolute Gasteiger partial charge is 0.171 e. The van der Waals surface area contributed by atoms with Crippen LogP contribution in [0.1, 0.15) is 5.56 Å². The first-order chi connectivity index (χ1) is 13.2. The van der Waals surface area contributed by atoms with Crippen molar-refractivity contribution in [2.75, 3.05) is 44.6 Å². The number of anilines is 1. The monoisotopic (exact) mass is 380 g/mol. The van der Waals surface area contributed by atoms with E-state index in [4.69, 9.17) is 12.2 Å². The van der Waals surface area contributed by atoms with Crippen LogP contribution in [-0.4, -0.2) is 50.4 Å². The van der Waals surface area contributed by atoms with E-state index in [2.05, 4.69) is 53.1 Å². The molecule has 4 aliphatic rings. The summed E-state index contributed by atoms with van der Waals surface area (Å²) in [6, 6.07) is 21.8. The van der Waals surface area contributed by atoms with Crippen LogP contribution >= 0.6 is 12.2 Å². The van der Waals surface area contributed by atoms with E-state index >= 15 is 0 Å². The van der Waals surface area contributed by atoms with Gasteiger partial charge in [0.2, 0.25) is 0 Å². The summed E-state index contributed by atoms with van der Waals surface area (Å²) in [6.45, 7) is 7.57. The second kappa shape index (κ2) is 6.89. The van der Waals surface area contributed by atoms with Crippen molar-refractivity contribution in [2.24, 2.45) is 5.92 Å². The molecule has 27 heavy (non-hydrogen) atoms. The van der Waals surface area contributed by atoms with Gasteiger partial charge in [-0.3, -0.25) is 0 Å². The molecule has 140 valence electrons. The number of quaternary nitrogens is 2. The maximum absolute atomic E-state index is 5.73. The van der Waals surface area contributed by atoms with Crippen LogP contribution in [0.5, 0.6) is 0 Å². The summed E-state index contributed by atoms with van der Waals surface area (Å²) in [4.78, 5) is 3.55. The fourth-order valence-electron chi connectivity index (χ4n) is 5.79. The zero-order valence-electron chi connectivity index (χ0n) is 15.6. The first-order valence-electron chi connectivity index (χ1n) is 10.1. The van der Waals surface area contributed by atoms with Crippen molar-refractivity contribution in [3.8, 4) is 0 Å². The second-order valence-electron chi connectivity index (χ2n) is 8.49. The number of piperidine rings is 2. The van der Waals surface area contributed by atoms with E-state index in [1.54, 1.807) is 9.80 Å². The van der Waals surface area contributed by atoms with Crippen molar-refractivity contribution < 1.29 is 9.80 Å². The number of thiocarbonyl (C=S) groups is 1. The summed E-state index contributed by atoms with van der Waals surface area (Å²) in [5.74, 6) is 0.663. The molecule has 3 atom stereocenters. The summed E-state index contributed by atoms with van der Waals surface area (Å²) < 4.78 is 0. The molecular weight excluding hydrogens is 352 g/mol. The van der Waals surface area contributed by atoms with Crippen molar-refractivity contribution in [3.63, 3.8) is 0 Å². The maximum atomic E-state index is 5.73. The highest BCUT2D eigenvalue weighted by Gasteiger charge is 2.60. The number of nitrogens with one attached hydrogen (secondary N) is 4. The zero-order chi connectivity index (χ0) is 18.3. The van der Waals surface area contributed by atoms with E-state index in [-0.39, 0.29) is 5.41 Å². The lowest BCUT2D eigenvalue weighted by Gasteiger charge is -2.51. The highest BCUT2D eigenvalue weighted by Crippen LogP contribution is 2.34. The minimum absolute atomic E-state index is 0.159. The van der Waals surface area contributed by atoms with E-state index in [1.807, 2.05) is 18.2 Å². The molecule has 4 N–H and O–H groups in total. The summed E-state index contributed by atoms with van der Waals surface area (Å²) in [7, 11) is 0. The standard InChI is InChI=1S/C22H26N4S/c27-21(23-19-9-5-2-6-10-19)24-20-17-13-25-11-12-26(14-17)16-22(20,15-25)18-7-3-1-4-8-18/h1-10,17,20H,11-16H2,(H2,23,24,27)/p+2/t17?,20-,22?/m0/s1. The normalized spacial score (nSPS) is 34.1. The molecule has 0 spiro atoms. The predicted molar refractivity (Wildman–Crippen MR) is 112 cm³/mol. The van der Waals surface area contributed by atoms with Crippen LogP contribution in [0.2, 0.25) is 0 Å². The third-order valence-corrected chi connectivity index (χ3v) is 7.02. The lowest BCUT2D eigenvalue weighted by molar-refractivity contribution is -0.918. The maximum Gasteiger partial charge on any atom is 0.171 e. The van der Waals surface area contributed by atoms with Crippen LogP contribution < -0.4 is 20.4 Å². The number of hydrogen-bond donors (Lipinski definition) is 4. The van der Waals surface area contributed by atoms with Crippen molar-refractivity contribution >= 4 is 23.0 Å². The zero-order valence-corrected chi connectivity index (χ0v) is 16.4. The molecular formula is C22H28N4S+2. The lowest BCUT2D eigenvalue weighted by Crippen LogP contribution is -3.18. The Morgan fingerprint density at radius 2 is 1.48 bits per heavy atom. The molecule has 2 aromatic carbocycles. The summed E-state index contributed by atoms with van der Waals surface area (Å²) in [6.07, 6.45) is 0. The van der Waals surface area contributed by atoms with Crippen molar-refractivity contribution in [1.29, 1.82) is 0 Å². The Morgan fingerprint density at radius 3 is 2.11 bits per heavy atom. The molecule has 2 unspecified atom stereocenters. The number of para-hydroxylation sites is 1. The third-order valence-electron chi connectivity index (χ3n) is 6.80. The molecule has 0 amide bonds. The number of benzene rings is 2. The average Bonchev–Trinajstić information content (AvgIpc) is 2.94. The topological polar surface area (TPSA) is 32.9 Å². The number of rotatable bonds is 3. The van der Waals surface area contributed by atoms with Gasteiger partial charge in [0.15, 0.2) is 5.11 Å². The number of hydrogen-bond acceptors (Lipinski definition) is 1. The molecule has 4 saturated heterocycles. The SMILES string of the molecule is S=C(Nc1ccccc1)N[C@H]1C2C[NH+]3CC[NH+](C2)CC1(c1ccccc1)C3. The molecule has 0 radical (unpaired) electrons. The molecule has 2 aromatic rings. The highest BCUT2D eigenvalue weighted by molar-refractivity contribution is 7.80. The highest BCUT2D eigenvalue weighted by atomic mass is 32.1. The van der Waals surface area contributed by atoms with E-state index in [0.717, 1.165) is 10.8 Å². The van der Waals surface area contributed by atoms with Crippen LogP contribution in [0.25, 0.3) is 0 Å². The van der Waals surface area contributed by atoms with E-state index in [1.165, 1.54) is 44.8 Å². The minimum Gasteiger partial charge on any atom is -0.358 e. The Morgan fingerprint density at radius 1 is 0.889 bits per heavy atom. The Hall–Kier alpha value is -1.95. The van der Waals surface area contributed by atoms with Crippen molar-refractivity contribution in [3.05, 3.63) is 66.2 Å². The Kier molecular flexibility index (Phi) is 4.38. The summed E-state index contributed by atoms with van der Waals surface area (Å²) >= 11 is 5.73. The van der Waals surface area contributed by atoms with Gasteiger partial charge < -0.3 is 20.4 Å². The molecule has 4 aliphatic heterocycles. The fourth-order valence-corrected chi connectivity index (χ4v) is 6.04. The largest absolute Gasteiger partial charge is 0.358 e. The molecule has 5 heteroatoms. The van der Waals surface area contributed by atoms with Gasteiger partial charge in [0.25, 0.3) is 0 Å². The third kappa shape index (κ3) is 3.14. The average molecular weight is 381 g/mol. The second-order valence-corrected chi connectivity index (χ2v) is 8.89. The van der Waals surface area contributed by atoms with E-state index < -0.39 is 0 Å². The Balaban J connectivity index is 1.45. The molecule has 0 aliphatic carbocycles. The van der Waals surface area contributed by atoms with Gasteiger partial charge >= 0.3 is 0 Å². The Labute approximate surface area is 166 Å². The molecule has 6 rings (SSSR count). The van der Waals surface area contributed by atoms with Crippen LogP contribution in [0, 0.1) is 5.92 Å². The fraction of sp³-hybridized carbons (Fsp3) is 0.409. The summed E-state index contributed by atoms with van der Waals surface area (Å²) in [5.41, 5.74) is 2.69. The molecule has 0 saturated carbocycles. The minimum atomic E-state index is 0.159. The van der Waals surface area contributed by atoms with Gasteiger partial charge in [-0.15, -0.1) is 0 Å². The number of fused-ring (bicyclic) bond motifs is 1. The van der Waals surface area contributed by atoms with E-state index in [0.29, 0.717) is 12.0 Å². The molecule has 4 heterocycles. The first kappa shape index (κ1) is 17.2. The Bertz CT molecular complexity index is 794. The van der Waals surface area contributed by atoms with Crippen molar-refractivity contribution in [2.45, 2.75) is 11.5 Å². The van der Waals surface area contributed by atoms with Crippen LogP contribution in [0.3, 0.4) is 0 Å². The van der Waals surface area contributed by atoms with Gasteiger partial charge in [0, 0.05) is 5.69 Å². The molecule has 4 fully saturated rings. The molecule has 0 aromatic heterocycles. The predicted octanol–water partition coefficient (Wildman–Crippen LogP) is -0.294. The van der Waals surface area contributed by atoms with Gasteiger partial charge in [-0.25, -0.2) is 0 Å². The van der Waals surface area contributed by atoms with Gasteiger partial charge in [-0.05, 0) is 29.9 Å². The van der Waals surface area contributed by atoms with Crippen LogP contribution in [-0.2, 0) is 5.41 Å². The van der Waals surface area contributed by atoms with Gasteiger partial charge in [-0.2, -0.15) is 0 Å². The summed E-state index contributed by atoms with van der Waals surface area (Å²) in [5, 5.41) is 7.92. The van der Waals surface area contributed by atoms with Gasteiger partial charge in [-0.1, -0.05) is 48.5 Å². The molecule has 4 bridgehead atoms. The van der Waals surface area contributed by atoms with E-state index in [9.17, 15) is 0 Å².